The van der Waals surface area contributed by atoms with Gasteiger partial charge in [-0.3, -0.25) is 0 Å². The fourth-order valence-electron chi connectivity index (χ4n) is 2.46. The molecule has 0 fully saturated rings. The highest BCUT2D eigenvalue weighted by Crippen LogP contribution is 2.34. The molecule has 6 heteroatoms. The molecular formula is C15H17FN4O. The van der Waals surface area contributed by atoms with E-state index in [-0.39, 0.29) is 17.6 Å². The van der Waals surface area contributed by atoms with Gasteiger partial charge in [-0.25, -0.2) is 14.4 Å². The van der Waals surface area contributed by atoms with Crippen molar-refractivity contribution in [3.8, 4) is 11.6 Å². The standard InChI is InChI=1S/C15H17FN4O/c1-9-5-11-12(20-9)3-4-13(15(11)16)21-14-6-10(7-17-2)18-8-19-14/h3-4,6,8-9,17,20H,5,7H2,1-2H3. The Morgan fingerprint density at radius 1 is 1.43 bits per heavy atom. The molecule has 2 aromatic rings. The number of rotatable bonds is 4. The van der Waals surface area contributed by atoms with Crippen LogP contribution >= 0.6 is 0 Å². The summed E-state index contributed by atoms with van der Waals surface area (Å²) in [5.74, 6) is 0.213. The molecule has 2 N–H and O–H groups in total. The molecule has 0 radical (unpaired) electrons. The summed E-state index contributed by atoms with van der Waals surface area (Å²) in [4.78, 5) is 8.13. The van der Waals surface area contributed by atoms with Crippen molar-refractivity contribution in [3.05, 3.63) is 41.6 Å². The molecule has 0 spiro atoms. The third kappa shape index (κ3) is 2.80. The highest BCUT2D eigenvalue weighted by Gasteiger charge is 2.23. The van der Waals surface area contributed by atoms with Crippen LogP contribution in [0.1, 0.15) is 18.2 Å². The largest absolute Gasteiger partial charge is 0.436 e. The average Bonchev–Trinajstić information content (AvgIpc) is 2.84. The Labute approximate surface area is 122 Å². The number of halogens is 1. The highest BCUT2D eigenvalue weighted by molar-refractivity contribution is 5.60. The molecule has 0 aliphatic carbocycles. The normalized spacial score (nSPS) is 16.4. The highest BCUT2D eigenvalue weighted by atomic mass is 19.1. The lowest BCUT2D eigenvalue weighted by molar-refractivity contribution is 0.423. The van der Waals surface area contributed by atoms with Gasteiger partial charge in [-0.05, 0) is 32.5 Å². The molecule has 1 aliphatic rings. The minimum atomic E-state index is -0.321. The van der Waals surface area contributed by atoms with Crippen LogP contribution in [0.4, 0.5) is 10.1 Å². The summed E-state index contributed by atoms with van der Waals surface area (Å²) in [6.45, 7) is 2.63. The van der Waals surface area contributed by atoms with Gasteiger partial charge < -0.3 is 15.4 Å². The molecule has 0 amide bonds. The second-order valence-electron chi connectivity index (χ2n) is 5.13. The number of fused-ring (bicyclic) bond motifs is 1. The van der Waals surface area contributed by atoms with Crippen molar-refractivity contribution in [2.24, 2.45) is 0 Å². The summed E-state index contributed by atoms with van der Waals surface area (Å²) in [5.41, 5.74) is 2.30. The van der Waals surface area contributed by atoms with Crippen LogP contribution in [0.5, 0.6) is 11.6 Å². The Morgan fingerprint density at radius 2 is 2.29 bits per heavy atom. The van der Waals surface area contributed by atoms with E-state index in [0.29, 0.717) is 24.4 Å². The van der Waals surface area contributed by atoms with E-state index in [4.69, 9.17) is 4.74 Å². The van der Waals surface area contributed by atoms with E-state index < -0.39 is 0 Å². The zero-order chi connectivity index (χ0) is 14.8. The number of hydrogen-bond acceptors (Lipinski definition) is 5. The molecule has 2 heterocycles. The third-order valence-electron chi connectivity index (χ3n) is 3.39. The number of nitrogens with one attached hydrogen (secondary N) is 2. The molecular weight excluding hydrogens is 271 g/mol. The molecule has 1 aromatic heterocycles. The van der Waals surface area contributed by atoms with Crippen molar-refractivity contribution in [2.75, 3.05) is 12.4 Å². The second-order valence-corrected chi connectivity index (χ2v) is 5.13. The number of aromatic nitrogens is 2. The third-order valence-corrected chi connectivity index (χ3v) is 3.39. The lowest BCUT2D eigenvalue weighted by Crippen LogP contribution is -2.08. The number of nitrogens with zero attached hydrogens (tertiary/aromatic N) is 2. The first-order valence-corrected chi connectivity index (χ1v) is 6.88. The number of ether oxygens (including phenoxy) is 1. The van der Waals surface area contributed by atoms with E-state index in [1.54, 1.807) is 12.1 Å². The van der Waals surface area contributed by atoms with Crippen LogP contribution in [-0.2, 0) is 13.0 Å². The molecule has 0 saturated carbocycles. The molecule has 110 valence electrons. The maximum absolute atomic E-state index is 14.5. The van der Waals surface area contributed by atoms with Gasteiger partial charge in [-0.15, -0.1) is 0 Å². The van der Waals surface area contributed by atoms with Crippen LogP contribution in [0.25, 0.3) is 0 Å². The summed E-state index contributed by atoms with van der Waals surface area (Å²) < 4.78 is 20.0. The van der Waals surface area contributed by atoms with Gasteiger partial charge in [0.15, 0.2) is 11.6 Å². The minimum absolute atomic E-state index is 0.193. The van der Waals surface area contributed by atoms with Crippen LogP contribution in [0.3, 0.4) is 0 Å². The summed E-state index contributed by atoms with van der Waals surface area (Å²) >= 11 is 0. The van der Waals surface area contributed by atoms with Crippen LogP contribution in [0, 0.1) is 5.82 Å². The zero-order valence-electron chi connectivity index (χ0n) is 12.0. The van der Waals surface area contributed by atoms with Gasteiger partial charge in [0, 0.05) is 29.9 Å². The van der Waals surface area contributed by atoms with Gasteiger partial charge in [-0.2, -0.15) is 0 Å². The predicted molar refractivity (Wildman–Crippen MR) is 78.1 cm³/mol. The first-order valence-electron chi connectivity index (χ1n) is 6.88. The first-order chi connectivity index (χ1) is 10.2. The van der Waals surface area contributed by atoms with Crippen LogP contribution in [-0.4, -0.2) is 23.1 Å². The Bertz CT molecular complexity index is 662. The number of hydrogen-bond donors (Lipinski definition) is 2. The Balaban J connectivity index is 1.86. The van der Waals surface area contributed by atoms with Crippen molar-refractivity contribution >= 4 is 5.69 Å². The minimum Gasteiger partial charge on any atom is -0.436 e. The monoisotopic (exact) mass is 288 g/mol. The molecule has 5 nitrogen and oxygen atoms in total. The first kappa shape index (κ1) is 13.8. The molecule has 1 unspecified atom stereocenters. The lowest BCUT2D eigenvalue weighted by atomic mass is 10.1. The van der Waals surface area contributed by atoms with Crippen LogP contribution in [0.15, 0.2) is 24.5 Å². The Kier molecular flexibility index (Phi) is 3.70. The summed E-state index contributed by atoms with van der Waals surface area (Å²) in [6.07, 6.45) is 2.07. The van der Waals surface area contributed by atoms with Gasteiger partial charge >= 0.3 is 0 Å². The topological polar surface area (TPSA) is 59.1 Å². The van der Waals surface area contributed by atoms with Gasteiger partial charge in [0.2, 0.25) is 5.88 Å². The number of anilines is 1. The maximum Gasteiger partial charge on any atom is 0.222 e. The van der Waals surface area contributed by atoms with Crippen molar-refractivity contribution in [2.45, 2.75) is 25.9 Å². The zero-order valence-corrected chi connectivity index (χ0v) is 12.0. The van der Waals surface area contributed by atoms with E-state index in [1.165, 1.54) is 6.33 Å². The van der Waals surface area contributed by atoms with Gasteiger partial charge in [0.25, 0.3) is 0 Å². The molecule has 1 aliphatic heterocycles. The summed E-state index contributed by atoms with van der Waals surface area (Å²) in [6, 6.07) is 5.40. The van der Waals surface area contributed by atoms with Crippen molar-refractivity contribution in [3.63, 3.8) is 0 Å². The predicted octanol–water partition coefficient (Wildman–Crippen LogP) is 2.48. The second kappa shape index (κ2) is 5.65. The van der Waals surface area contributed by atoms with E-state index in [2.05, 4.69) is 20.6 Å². The molecule has 0 saturated heterocycles. The summed E-state index contributed by atoms with van der Waals surface area (Å²) in [7, 11) is 1.83. The maximum atomic E-state index is 14.5. The molecule has 21 heavy (non-hydrogen) atoms. The SMILES string of the molecule is CNCc1cc(Oc2ccc3c(c2F)CC(C)N3)ncn1. The van der Waals surface area contributed by atoms with E-state index in [9.17, 15) is 4.39 Å². The van der Waals surface area contributed by atoms with Gasteiger partial charge in [0.1, 0.15) is 6.33 Å². The van der Waals surface area contributed by atoms with Crippen LogP contribution < -0.4 is 15.4 Å². The Hall–Kier alpha value is -2.21. The number of benzene rings is 1. The molecule has 3 rings (SSSR count). The van der Waals surface area contributed by atoms with E-state index in [1.807, 2.05) is 20.0 Å². The van der Waals surface area contributed by atoms with Crippen LogP contribution in [0.2, 0.25) is 0 Å². The average molecular weight is 288 g/mol. The van der Waals surface area contributed by atoms with Crippen molar-refractivity contribution < 1.29 is 9.13 Å². The fraction of sp³-hybridized carbons (Fsp3) is 0.333. The van der Waals surface area contributed by atoms with Gasteiger partial charge in [-0.1, -0.05) is 0 Å². The van der Waals surface area contributed by atoms with Crippen molar-refractivity contribution in [1.82, 2.24) is 15.3 Å². The van der Waals surface area contributed by atoms with Gasteiger partial charge in [0.05, 0.1) is 5.69 Å². The molecule has 1 atom stereocenters. The smallest absolute Gasteiger partial charge is 0.222 e. The molecule has 1 aromatic carbocycles. The van der Waals surface area contributed by atoms with E-state index in [0.717, 1.165) is 11.4 Å². The summed E-state index contributed by atoms with van der Waals surface area (Å²) in [5, 5.41) is 6.22. The lowest BCUT2D eigenvalue weighted by Gasteiger charge is -2.09. The Morgan fingerprint density at radius 3 is 3.10 bits per heavy atom. The quantitative estimate of drug-likeness (QED) is 0.905. The fourth-order valence-corrected chi connectivity index (χ4v) is 2.46. The molecule has 0 bridgehead atoms. The van der Waals surface area contributed by atoms with E-state index >= 15 is 0 Å². The van der Waals surface area contributed by atoms with Crippen molar-refractivity contribution in [1.29, 1.82) is 0 Å².